The zero-order valence-corrected chi connectivity index (χ0v) is 43.2. The van der Waals surface area contributed by atoms with Gasteiger partial charge in [0.25, 0.3) is 0 Å². The quantitative estimate of drug-likeness (QED) is 0.142. The fraction of sp³-hybridized carbons (Fsp3) is 0.143. The zero-order chi connectivity index (χ0) is 50.3. The molecule has 4 heteroatoms. The van der Waals surface area contributed by atoms with Gasteiger partial charge in [-0.15, -0.1) is 0 Å². The molecule has 0 aliphatic heterocycles. The van der Waals surface area contributed by atoms with Gasteiger partial charge < -0.3 is 18.6 Å². The zero-order valence-electron chi connectivity index (χ0n) is 43.2. The van der Waals surface area contributed by atoms with Gasteiger partial charge in [0.1, 0.15) is 11.2 Å². The molecule has 0 spiro atoms. The molecule has 0 N–H and O–H groups in total. The third-order valence-corrected chi connectivity index (χ3v) is 16.0. The fourth-order valence-electron chi connectivity index (χ4n) is 12.5. The molecular weight excluding hydrogens is 901 g/mol. The van der Waals surface area contributed by atoms with Crippen LogP contribution in [-0.2, 0) is 0 Å². The predicted molar refractivity (Wildman–Crippen MR) is 316 cm³/mol. The molecule has 0 unspecified atom stereocenters. The van der Waals surface area contributed by atoms with Crippen LogP contribution in [0.3, 0.4) is 0 Å². The van der Waals surface area contributed by atoms with Gasteiger partial charge in [0.15, 0.2) is 11.2 Å². The highest BCUT2D eigenvalue weighted by atomic mass is 16.3. The Balaban J connectivity index is 1.09. The number of anilines is 6. The second-order valence-electron chi connectivity index (χ2n) is 21.4. The highest BCUT2D eigenvalue weighted by Crippen LogP contribution is 2.53. The van der Waals surface area contributed by atoms with Crippen LogP contribution < -0.4 is 9.80 Å². The van der Waals surface area contributed by atoms with E-state index >= 15 is 0 Å². The lowest BCUT2D eigenvalue weighted by Gasteiger charge is -2.31. The third kappa shape index (κ3) is 6.47. The van der Waals surface area contributed by atoms with Gasteiger partial charge in [0, 0.05) is 43.1 Å². The van der Waals surface area contributed by atoms with Gasteiger partial charge in [-0.1, -0.05) is 184 Å². The molecule has 4 nitrogen and oxygen atoms in total. The maximum absolute atomic E-state index is 7.19. The molecule has 0 aliphatic rings. The Morgan fingerprint density at radius 1 is 0.311 bits per heavy atom. The monoisotopic (exact) mass is 956 g/mol. The Hall–Kier alpha value is -8.60. The van der Waals surface area contributed by atoms with Crippen molar-refractivity contribution in [1.82, 2.24) is 0 Å². The highest BCUT2D eigenvalue weighted by molar-refractivity contribution is 6.29. The molecule has 0 saturated carbocycles. The number of fused-ring (bicyclic) bond motifs is 8. The number of rotatable bonds is 8. The van der Waals surface area contributed by atoms with E-state index in [0.717, 1.165) is 78.0 Å². The van der Waals surface area contributed by atoms with E-state index in [2.05, 4.69) is 247 Å². The molecule has 14 aromatic rings. The average Bonchev–Trinajstić information content (AvgIpc) is 4.06. The van der Waals surface area contributed by atoms with Crippen molar-refractivity contribution in [3.8, 4) is 0 Å². The summed E-state index contributed by atoms with van der Waals surface area (Å²) in [6.07, 6.45) is 0. The first-order chi connectivity index (χ1) is 36.0. The van der Waals surface area contributed by atoms with Crippen LogP contribution in [0.15, 0.2) is 191 Å². The van der Waals surface area contributed by atoms with E-state index < -0.39 is 0 Å². The molecule has 0 bridgehead atoms. The van der Waals surface area contributed by atoms with Gasteiger partial charge in [0.2, 0.25) is 0 Å². The van der Waals surface area contributed by atoms with Crippen molar-refractivity contribution in [2.75, 3.05) is 9.80 Å². The number of para-hydroxylation sites is 4. The normalized spacial score (nSPS) is 12.3. The van der Waals surface area contributed by atoms with Crippen LogP contribution in [0.5, 0.6) is 0 Å². The summed E-state index contributed by atoms with van der Waals surface area (Å²) < 4.78 is 14.4. The van der Waals surface area contributed by atoms with Gasteiger partial charge >= 0.3 is 0 Å². The molecule has 2 aromatic heterocycles. The summed E-state index contributed by atoms with van der Waals surface area (Å²) in [6.45, 7) is 17.9. The number of hydrogen-bond acceptors (Lipinski definition) is 4. The van der Waals surface area contributed by atoms with Crippen LogP contribution in [0, 0.1) is 27.7 Å². The van der Waals surface area contributed by atoms with Gasteiger partial charge in [-0.05, 0) is 131 Å². The summed E-state index contributed by atoms with van der Waals surface area (Å²) in [6, 6.07) is 67.9. The minimum Gasteiger partial charge on any atom is -0.454 e. The first-order valence-corrected chi connectivity index (χ1v) is 26.2. The van der Waals surface area contributed by atoms with Crippen LogP contribution >= 0.6 is 0 Å². The fourth-order valence-corrected chi connectivity index (χ4v) is 12.5. The summed E-state index contributed by atoms with van der Waals surface area (Å²) in [4.78, 5) is 5.01. The molecule has 0 saturated heterocycles. The Kier molecular flexibility index (Phi) is 9.82. The Bertz CT molecular complexity index is 4320. The minimum absolute atomic E-state index is 0.304. The summed E-state index contributed by atoms with van der Waals surface area (Å²) in [5.74, 6) is 0.608. The topological polar surface area (TPSA) is 32.8 Å². The van der Waals surface area contributed by atoms with Gasteiger partial charge in [-0.25, -0.2) is 0 Å². The SMILES string of the molecule is Cc1ccc2ccc(C)c(N(c3ccc4ccc5c(N(c6c(C)ccc7ccc(C)cc67)c6cccc7c6oc6c(C(C)C)cccc67)ccc6ccc3c4c65)c3cccc4c3oc3c(C(C)C)cccc34)c2c1. The summed E-state index contributed by atoms with van der Waals surface area (Å²) in [7, 11) is 0. The lowest BCUT2D eigenvalue weighted by Crippen LogP contribution is -2.14. The van der Waals surface area contributed by atoms with Gasteiger partial charge in [-0.2, -0.15) is 0 Å². The van der Waals surface area contributed by atoms with E-state index in [9.17, 15) is 0 Å². The molecule has 0 amide bonds. The predicted octanol–water partition coefficient (Wildman–Crippen LogP) is 21.1. The van der Waals surface area contributed by atoms with Crippen molar-refractivity contribution < 1.29 is 8.83 Å². The maximum atomic E-state index is 7.19. The van der Waals surface area contributed by atoms with Crippen LogP contribution in [0.1, 0.15) is 72.9 Å². The molecule has 74 heavy (non-hydrogen) atoms. The van der Waals surface area contributed by atoms with Crippen molar-refractivity contribution >= 4 is 132 Å². The summed E-state index contributed by atoms with van der Waals surface area (Å²) >= 11 is 0. The molecule has 0 aliphatic carbocycles. The third-order valence-electron chi connectivity index (χ3n) is 16.0. The summed E-state index contributed by atoms with van der Waals surface area (Å²) in [5, 5.41) is 16.5. The molecule has 0 radical (unpaired) electrons. The van der Waals surface area contributed by atoms with Crippen molar-refractivity contribution in [2.24, 2.45) is 0 Å². The smallest absolute Gasteiger partial charge is 0.159 e. The average molecular weight is 957 g/mol. The standard InChI is InChI=1S/C70H56N2O2/c1-39(2)49-13-9-15-51-53-17-11-19-61(69(53)73-67(49)51)71(65-43(7)23-27-45-25-21-41(5)37-57(45)65)59-35-31-47-30-34-56-60(36-32-48-29-33-55(59)63(47)64(48)56)72(66-44(8)24-28-46-26-22-42(6)38-58(46)66)62-20-12-18-54-52-16-10-14-50(40(3)4)68(52)74-70(54)62/h9-40H,1-8H3. The number of furan rings is 2. The minimum atomic E-state index is 0.304. The molecule has 358 valence electrons. The molecule has 0 atom stereocenters. The Morgan fingerprint density at radius 3 is 1.09 bits per heavy atom. The molecule has 2 heterocycles. The van der Waals surface area contributed by atoms with Crippen LogP contribution in [-0.4, -0.2) is 0 Å². The van der Waals surface area contributed by atoms with Crippen LogP contribution in [0.4, 0.5) is 34.1 Å². The maximum Gasteiger partial charge on any atom is 0.159 e. The summed E-state index contributed by atoms with van der Waals surface area (Å²) in [5.41, 5.74) is 17.4. The lowest BCUT2D eigenvalue weighted by atomic mass is 9.91. The first kappa shape index (κ1) is 44.1. The van der Waals surface area contributed by atoms with Crippen LogP contribution in [0.25, 0.3) is 97.7 Å². The molecule has 0 fully saturated rings. The largest absolute Gasteiger partial charge is 0.454 e. The van der Waals surface area contributed by atoms with Crippen molar-refractivity contribution in [2.45, 2.75) is 67.2 Å². The number of aryl methyl sites for hydroxylation is 4. The van der Waals surface area contributed by atoms with Crippen molar-refractivity contribution in [3.63, 3.8) is 0 Å². The van der Waals surface area contributed by atoms with Crippen LogP contribution in [0.2, 0.25) is 0 Å². The van der Waals surface area contributed by atoms with Crippen molar-refractivity contribution in [3.05, 3.63) is 215 Å². The Morgan fingerprint density at radius 2 is 0.676 bits per heavy atom. The lowest BCUT2D eigenvalue weighted by molar-refractivity contribution is 0.657. The van der Waals surface area contributed by atoms with Crippen molar-refractivity contribution in [1.29, 1.82) is 0 Å². The first-order valence-electron chi connectivity index (χ1n) is 26.2. The molecule has 14 rings (SSSR count). The van der Waals surface area contributed by atoms with E-state index in [1.54, 1.807) is 0 Å². The molecule has 12 aromatic carbocycles. The van der Waals surface area contributed by atoms with E-state index in [0.29, 0.717) is 11.8 Å². The number of nitrogens with zero attached hydrogens (tertiary/aromatic N) is 2. The Labute approximate surface area is 431 Å². The van der Waals surface area contributed by atoms with E-state index in [1.807, 2.05) is 0 Å². The van der Waals surface area contributed by atoms with Gasteiger partial charge in [0.05, 0.1) is 34.1 Å². The second kappa shape index (κ2) is 16.5. The molecular formula is C70H56N2O2. The van der Waals surface area contributed by atoms with E-state index in [-0.39, 0.29) is 0 Å². The highest BCUT2D eigenvalue weighted by Gasteiger charge is 2.29. The number of hydrogen-bond donors (Lipinski definition) is 0. The van der Waals surface area contributed by atoms with E-state index in [4.69, 9.17) is 8.83 Å². The van der Waals surface area contributed by atoms with E-state index in [1.165, 1.54) is 87.2 Å². The van der Waals surface area contributed by atoms with Gasteiger partial charge in [-0.3, -0.25) is 0 Å². The second-order valence-corrected chi connectivity index (χ2v) is 21.4. The number of benzene rings is 12.